The number of nitriles is 1. The normalized spacial score (nSPS) is 20.8. The summed E-state index contributed by atoms with van der Waals surface area (Å²) in [5.41, 5.74) is 0.798. The molecule has 2 heterocycles. The van der Waals surface area contributed by atoms with Gasteiger partial charge in [0, 0.05) is 19.0 Å². The van der Waals surface area contributed by atoms with Crippen molar-refractivity contribution >= 4 is 5.69 Å². The SMILES string of the molecule is N#Cc1cc(OCC2CC2)c(N2CCC(F)(F)C2)cn1. The van der Waals surface area contributed by atoms with Gasteiger partial charge in [-0.15, -0.1) is 0 Å². The molecule has 1 aliphatic heterocycles. The van der Waals surface area contributed by atoms with Crippen LogP contribution in [0.2, 0.25) is 0 Å². The van der Waals surface area contributed by atoms with Crippen LogP contribution < -0.4 is 9.64 Å². The number of nitrogens with zero attached hydrogens (tertiary/aromatic N) is 3. The van der Waals surface area contributed by atoms with Crippen LogP contribution in [0.5, 0.6) is 5.75 Å². The van der Waals surface area contributed by atoms with E-state index in [1.54, 1.807) is 4.90 Å². The molecule has 0 unspecified atom stereocenters. The Balaban J connectivity index is 1.82. The van der Waals surface area contributed by atoms with Gasteiger partial charge >= 0.3 is 0 Å². The van der Waals surface area contributed by atoms with Crippen molar-refractivity contribution < 1.29 is 13.5 Å². The highest BCUT2D eigenvalue weighted by atomic mass is 19.3. The lowest BCUT2D eigenvalue weighted by atomic mass is 10.3. The van der Waals surface area contributed by atoms with Crippen LogP contribution in [-0.2, 0) is 0 Å². The number of anilines is 1. The molecule has 0 atom stereocenters. The first-order valence-corrected chi connectivity index (χ1v) is 6.73. The molecule has 0 radical (unpaired) electrons. The molecule has 0 aromatic carbocycles. The number of ether oxygens (including phenoxy) is 1. The second-order valence-electron chi connectivity index (χ2n) is 5.43. The summed E-state index contributed by atoms with van der Waals surface area (Å²) in [6, 6.07) is 3.48. The number of hydrogen-bond acceptors (Lipinski definition) is 4. The fourth-order valence-corrected chi connectivity index (χ4v) is 2.28. The highest BCUT2D eigenvalue weighted by Gasteiger charge is 2.39. The molecule has 2 fully saturated rings. The Morgan fingerprint density at radius 3 is 2.90 bits per heavy atom. The van der Waals surface area contributed by atoms with E-state index in [4.69, 9.17) is 10.00 Å². The average Bonchev–Trinajstić information content (AvgIpc) is 3.19. The van der Waals surface area contributed by atoms with Gasteiger partial charge in [0.15, 0.2) is 0 Å². The topological polar surface area (TPSA) is 49.1 Å². The van der Waals surface area contributed by atoms with Crippen LogP contribution in [0.4, 0.5) is 14.5 Å². The zero-order valence-corrected chi connectivity index (χ0v) is 11.0. The lowest BCUT2D eigenvalue weighted by Gasteiger charge is -2.21. The number of pyridine rings is 1. The second-order valence-corrected chi connectivity index (χ2v) is 5.43. The van der Waals surface area contributed by atoms with Crippen LogP contribution in [0.15, 0.2) is 12.3 Å². The highest BCUT2D eigenvalue weighted by Crippen LogP contribution is 2.37. The highest BCUT2D eigenvalue weighted by molar-refractivity contribution is 5.59. The molecule has 1 saturated heterocycles. The van der Waals surface area contributed by atoms with Gasteiger partial charge in [0.05, 0.1) is 25.0 Å². The number of rotatable bonds is 4. The van der Waals surface area contributed by atoms with E-state index in [1.165, 1.54) is 12.3 Å². The summed E-state index contributed by atoms with van der Waals surface area (Å²) in [5, 5.41) is 8.89. The van der Waals surface area contributed by atoms with Gasteiger partial charge in [-0.2, -0.15) is 5.26 Å². The molecule has 0 spiro atoms. The number of hydrogen-bond donors (Lipinski definition) is 0. The van der Waals surface area contributed by atoms with E-state index in [1.807, 2.05) is 6.07 Å². The summed E-state index contributed by atoms with van der Waals surface area (Å²) in [4.78, 5) is 5.54. The van der Waals surface area contributed by atoms with Crippen molar-refractivity contribution in [3.8, 4) is 11.8 Å². The minimum atomic E-state index is -2.67. The Morgan fingerprint density at radius 1 is 1.50 bits per heavy atom. The summed E-state index contributed by atoms with van der Waals surface area (Å²) in [6.07, 6.45) is 3.60. The van der Waals surface area contributed by atoms with Gasteiger partial charge in [-0.25, -0.2) is 13.8 Å². The molecule has 2 aliphatic rings. The molecular formula is C14H15F2N3O. The molecule has 4 nitrogen and oxygen atoms in total. The maximum absolute atomic E-state index is 13.3. The molecule has 0 bridgehead atoms. The molecule has 0 amide bonds. The fourth-order valence-electron chi connectivity index (χ4n) is 2.28. The molecule has 1 aliphatic carbocycles. The van der Waals surface area contributed by atoms with Crippen molar-refractivity contribution in [3.63, 3.8) is 0 Å². The molecule has 1 aromatic rings. The Morgan fingerprint density at radius 2 is 2.30 bits per heavy atom. The third kappa shape index (κ3) is 2.82. The lowest BCUT2D eigenvalue weighted by Crippen LogP contribution is -2.25. The molecule has 3 rings (SSSR count). The van der Waals surface area contributed by atoms with E-state index in [0.29, 0.717) is 24.0 Å². The quantitative estimate of drug-likeness (QED) is 0.850. The minimum Gasteiger partial charge on any atom is -0.491 e. The Hall–Kier alpha value is -1.90. The van der Waals surface area contributed by atoms with Crippen molar-refractivity contribution in [1.29, 1.82) is 5.26 Å². The first-order valence-electron chi connectivity index (χ1n) is 6.73. The minimum absolute atomic E-state index is 0.158. The number of aromatic nitrogens is 1. The first kappa shape index (κ1) is 13.1. The molecule has 1 saturated carbocycles. The molecule has 20 heavy (non-hydrogen) atoms. The largest absolute Gasteiger partial charge is 0.491 e. The standard InChI is InChI=1S/C14H15F2N3O/c15-14(16)3-4-19(9-14)12-7-18-11(6-17)5-13(12)20-8-10-1-2-10/h5,7,10H,1-4,8-9H2. The van der Waals surface area contributed by atoms with Crippen LogP contribution in [-0.4, -0.2) is 30.6 Å². The van der Waals surface area contributed by atoms with Crippen LogP contribution >= 0.6 is 0 Å². The zero-order chi connectivity index (χ0) is 14.2. The van der Waals surface area contributed by atoms with Gasteiger partial charge in [-0.05, 0) is 18.8 Å². The van der Waals surface area contributed by atoms with Crippen LogP contribution in [0, 0.1) is 17.2 Å². The summed E-state index contributed by atoms with van der Waals surface area (Å²) in [5.74, 6) is -1.62. The third-order valence-electron chi connectivity index (χ3n) is 3.64. The first-order chi connectivity index (χ1) is 9.57. The smallest absolute Gasteiger partial charge is 0.266 e. The van der Waals surface area contributed by atoms with Gasteiger partial charge in [0.1, 0.15) is 17.5 Å². The molecule has 0 N–H and O–H groups in total. The van der Waals surface area contributed by atoms with E-state index in [-0.39, 0.29) is 25.2 Å². The van der Waals surface area contributed by atoms with Gasteiger partial charge in [0.25, 0.3) is 5.92 Å². The van der Waals surface area contributed by atoms with Crippen molar-refractivity contribution in [2.45, 2.75) is 25.2 Å². The van der Waals surface area contributed by atoms with Crippen LogP contribution in [0.25, 0.3) is 0 Å². The van der Waals surface area contributed by atoms with E-state index in [2.05, 4.69) is 4.98 Å². The maximum atomic E-state index is 13.3. The number of alkyl halides is 2. The molecule has 6 heteroatoms. The monoisotopic (exact) mass is 279 g/mol. The van der Waals surface area contributed by atoms with Gasteiger partial charge < -0.3 is 9.64 Å². The summed E-state index contributed by atoms with van der Waals surface area (Å²) in [7, 11) is 0. The van der Waals surface area contributed by atoms with Crippen molar-refractivity contribution in [2.24, 2.45) is 5.92 Å². The van der Waals surface area contributed by atoms with Gasteiger partial charge in [-0.3, -0.25) is 0 Å². The maximum Gasteiger partial charge on any atom is 0.266 e. The Bertz CT molecular complexity index is 552. The van der Waals surface area contributed by atoms with E-state index >= 15 is 0 Å². The predicted molar refractivity (Wildman–Crippen MR) is 68.9 cm³/mol. The predicted octanol–water partition coefficient (Wildman–Crippen LogP) is 2.59. The van der Waals surface area contributed by atoms with Crippen molar-refractivity contribution in [2.75, 3.05) is 24.6 Å². The summed E-state index contributed by atoms with van der Waals surface area (Å²) >= 11 is 0. The van der Waals surface area contributed by atoms with Crippen molar-refractivity contribution in [3.05, 3.63) is 18.0 Å². The van der Waals surface area contributed by atoms with E-state index < -0.39 is 5.92 Å². The van der Waals surface area contributed by atoms with E-state index in [9.17, 15) is 8.78 Å². The lowest BCUT2D eigenvalue weighted by molar-refractivity contribution is 0.0257. The Kier molecular flexibility index (Phi) is 3.20. The van der Waals surface area contributed by atoms with Crippen molar-refractivity contribution in [1.82, 2.24) is 4.98 Å². The molecule has 106 valence electrons. The fraction of sp³-hybridized carbons (Fsp3) is 0.571. The van der Waals surface area contributed by atoms with E-state index in [0.717, 1.165) is 12.8 Å². The van der Waals surface area contributed by atoms with Crippen LogP contribution in [0.3, 0.4) is 0 Å². The average molecular weight is 279 g/mol. The number of halogens is 2. The Labute approximate surface area is 116 Å². The summed E-state index contributed by atoms with van der Waals surface area (Å²) < 4.78 is 32.4. The second kappa shape index (κ2) is 4.89. The third-order valence-corrected chi connectivity index (χ3v) is 3.64. The van der Waals surface area contributed by atoms with Gasteiger partial charge in [0.2, 0.25) is 0 Å². The summed E-state index contributed by atoms with van der Waals surface area (Å²) in [6.45, 7) is 0.535. The van der Waals surface area contributed by atoms with Crippen LogP contribution in [0.1, 0.15) is 25.0 Å². The molecular weight excluding hydrogens is 264 g/mol. The van der Waals surface area contributed by atoms with Gasteiger partial charge in [-0.1, -0.05) is 0 Å². The zero-order valence-electron chi connectivity index (χ0n) is 11.0. The molecule has 1 aromatic heterocycles.